The number of rotatable bonds is 7. The Morgan fingerprint density at radius 3 is 2.07 bits per heavy atom. The van der Waals surface area contributed by atoms with E-state index in [0.717, 1.165) is 43.4 Å². The van der Waals surface area contributed by atoms with E-state index >= 15 is 0 Å². The first-order chi connectivity index (χ1) is 14.2. The molecular weight excluding hydrogens is 399 g/mol. The minimum Gasteiger partial charge on any atom is -0.456 e. The van der Waals surface area contributed by atoms with E-state index in [9.17, 15) is 22.8 Å². The minimum absolute atomic E-state index is 0.0196. The van der Waals surface area contributed by atoms with Crippen LogP contribution in [0.1, 0.15) is 64.2 Å². The molecule has 2 atom stereocenters. The van der Waals surface area contributed by atoms with Crippen LogP contribution in [0.5, 0.6) is 0 Å². The van der Waals surface area contributed by atoms with Crippen LogP contribution in [0.3, 0.4) is 0 Å². The van der Waals surface area contributed by atoms with Gasteiger partial charge in [-0.3, -0.25) is 9.59 Å². The zero-order valence-electron chi connectivity index (χ0n) is 17.3. The van der Waals surface area contributed by atoms with Crippen molar-refractivity contribution in [2.75, 3.05) is 19.8 Å². The summed E-state index contributed by atoms with van der Waals surface area (Å²) in [5.74, 6) is -0.261. The lowest BCUT2D eigenvalue weighted by Crippen LogP contribution is -2.52. The maximum Gasteiger partial charge on any atom is 0.422 e. The smallest absolute Gasteiger partial charge is 0.422 e. The van der Waals surface area contributed by atoms with E-state index in [-0.39, 0.29) is 11.5 Å². The summed E-state index contributed by atoms with van der Waals surface area (Å²) in [6.45, 7) is -0.801. The molecule has 1 N–H and O–H groups in total. The number of halogens is 3. The molecule has 1 amide bonds. The Hall–Kier alpha value is -1.31. The maximum atomic E-state index is 12.6. The first-order valence-electron chi connectivity index (χ1n) is 11.4. The Morgan fingerprint density at radius 2 is 1.50 bits per heavy atom. The predicted octanol–water partition coefficient (Wildman–Crippen LogP) is 4.00. The summed E-state index contributed by atoms with van der Waals surface area (Å²) in [6, 6.07) is 0. The van der Waals surface area contributed by atoms with Gasteiger partial charge in [-0.05, 0) is 69.1 Å². The Bertz CT molecular complexity index is 615. The molecule has 0 aliphatic heterocycles. The highest BCUT2D eigenvalue weighted by Crippen LogP contribution is 2.57. The third-order valence-corrected chi connectivity index (χ3v) is 7.58. The first kappa shape index (κ1) is 21.9. The molecule has 0 radical (unpaired) electrons. The summed E-state index contributed by atoms with van der Waals surface area (Å²) in [6.07, 6.45) is 5.22. The van der Waals surface area contributed by atoms with Crippen molar-refractivity contribution in [2.24, 2.45) is 29.6 Å². The lowest BCUT2D eigenvalue weighted by molar-refractivity contribution is -0.191. The Kier molecular flexibility index (Phi) is 6.33. The molecule has 5 rings (SSSR count). The van der Waals surface area contributed by atoms with Gasteiger partial charge in [-0.1, -0.05) is 12.8 Å². The van der Waals surface area contributed by atoms with E-state index in [1.165, 1.54) is 19.3 Å². The van der Waals surface area contributed by atoms with Gasteiger partial charge in [-0.15, -0.1) is 0 Å². The molecule has 0 aromatic carbocycles. The fourth-order valence-electron chi connectivity index (χ4n) is 6.77. The number of ether oxygens (including phenoxy) is 2. The lowest BCUT2D eigenvalue weighted by atomic mass is 9.54. The van der Waals surface area contributed by atoms with Gasteiger partial charge in [0, 0.05) is 6.54 Å². The van der Waals surface area contributed by atoms with Crippen LogP contribution in [0.15, 0.2) is 0 Å². The van der Waals surface area contributed by atoms with Crippen LogP contribution in [-0.4, -0.2) is 43.4 Å². The summed E-state index contributed by atoms with van der Waals surface area (Å²) in [5, 5.41) is 2.85. The van der Waals surface area contributed by atoms with E-state index in [4.69, 9.17) is 4.74 Å². The van der Waals surface area contributed by atoms with Gasteiger partial charge >= 0.3 is 12.1 Å². The Balaban J connectivity index is 1.23. The monoisotopic (exact) mass is 431 g/mol. The SMILES string of the molecule is O=C(OCC(F)(F)F)[C@H]1CCCC[C@H]1C(=O)NCCOC12CC3CC(CC(C3)C1)C2. The van der Waals surface area contributed by atoms with Gasteiger partial charge in [0.1, 0.15) is 0 Å². The molecule has 5 fully saturated rings. The average Bonchev–Trinajstić information content (AvgIpc) is 2.67. The van der Waals surface area contributed by atoms with Crippen molar-refractivity contribution in [3.63, 3.8) is 0 Å². The zero-order valence-corrected chi connectivity index (χ0v) is 17.3. The maximum absolute atomic E-state index is 12.6. The highest BCUT2D eigenvalue weighted by atomic mass is 19.4. The molecule has 0 spiro atoms. The molecule has 0 aromatic heterocycles. The van der Waals surface area contributed by atoms with Crippen LogP contribution in [0.4, 0.5) is 13.2 Å². The van der Waals surface area contributed by atoms with Gasteiger partial charge in [-0.2, -0.15) is 13.2 Å². The fourth-order valence-corrected chi connectivity index (χ4v) is 6.77. The second-order valence-electron chi connectivity index (χ2n) is 9.96. The van der Waals surface area contributed by atoms with Gasteiger partial charge in [-0.25, -0.2) is 0 Å². The molecule has 170 valence electrons. The van der Waals surface area contributed by atoms with Crippen molar-refractivity contribution in [3.05, 3.63) is 0 Å². The quantitative estimate of drug-likeness (QED) is 0.489. The van der Waals surface area contributed by atoms with E-state index in [2.05, 4.69) is 10.1 Å². The molecule has 0 saturated heterocycles. The van der Waals surface area contributed by atoms with Crippen molar-refractivity contribution in [2.45, 2.75) is 76.0 Å². The van der Waals surface area contributed by atoms with Crippen LogP contribution in [0.25, 0.3) is 0 Å². The molecule has 5 aliphatic rings. The van der Waals surface area contributed by atoms with Crippen LogP contribution in [0, 0.1) is 29.6 Å². The molecule has 0 heterocycles. The van der Waals surface area contributed by atoms with Crippen molar-refractivity contribution >= 4 is 11.9 Å². The summed E-state index contributed by atoms with van der Waals surface area (Å²) in [5.41, 5.74) is -0.0196. The van der Waals surface area contributed by atoms with E-state index < -0.39 is 30.6 Å². The predicted molar refractivity (Wildman–Crippen MR) is 102 cm³/mol. The fraction of sp³-hybridized carbons (Fsp3) is 0.909. The molecule has 0 unspecified atom stereocenters. The van der Waals surface area contributed by atoms with Crippen molar-refractivity contribution in [1.29, 1.82) is 0 Å². The third kappa shape index (κ3) is 5.11. The normalized spacial score (nSPS) is 37.8. The number of carbonyl (C=O) groups excluding carboxylic acids is 2. The summed E-state index contributed by atoms with van der Waals surface area (Å²) in [4.78, 5) is 24.8. The molecule has 30 heavy (non-hydrogen) atoms. The standard InChI is InChI=1S/C22H32F3NO4/c23-22(24,25)13-29-20(28)18-4-2-1-3-17(18)19(27)26-5-6-30-21-10-14-7-15(11-21)9-16(8-14)12-21/h14-18H,1-13H2,(H,26,27)/t14?,15?,16?,17-,18+,21?/m1/s1. The summed E-state index contributed by atoms with van der Waals surface area (Å²) in [7, 11) is 0. The molecule has 5 nitrogen and oxygen atoms in total. The number of esters is 1. The first-order valence-corrected chi connectivity index (χ1v) is 11.4. The third-order valence-electron chi connectivity index (χ3n) is 7.58. The van der Waals surface area contributed by atoms with Crippen LogP contribution >= 0.6 is 0 Å². The van der Waals surface area contributed by atoms with E-state index in [1.54, 1.807) is 0 Å². The number of hydrogen-bond donors (Lipinski definition) is 1. The zero-order chi connectivity index (χ0) is 21.4. The molecule has 4 bridgehead atoms. The topological polar surface area (TPSA) is 64.6 Å². The molecular formula is C22H32F3NO4. The van der Waals surface area contributed by atoms with Gasteiger partial charge in [0.25, 0.3) is 0 Å². The van der Waals surface area contributed by atoms with Gasteiger partial charge in [0.05, 0.1) is 24.0 Å². The van der Waals surface area contributed by atoms with Crippen molar-refractivity contribution in [1.82, 2.24) is 5.32 Å². The van der Waals surface area contributed by atoms with Crippen LogP contribution < -0.4 is 5.32 Å². The largest absolute Gasteiger partial charge is 0.456 e. The van der Waals surface area contributed by atoms with Crippen molar-refractivity contribution in [3.8, 4) is 0 Å². The second kappa shape index (κ2) is 8.67. The van der Waals surface area contributed by atoms with Gasteiger partial charge in [0.2, 0.25) is 5.91 Å². The van der Waals surface area contributed by atoms with E-state index in [1.807, 2.05) is 0 Å². The summed E-state index contributed by atoms with van der Waals surface area (Å²) >= 11 is 0. The molecule has 5 saturated carbocycles. The second-order valence-corrected chi connectivity index (χ2v) is 9.96. The number of alkyl halides is 3. The van der Waals surface area contributed by atoms with Gasteiger partial charge in [0.15, 0.2) is 6.61 Å². The van der Waals surface area contributed by atoms with Crippen LogP contribution in [0.2, 0.25) is 0 Å². The number of nitrogens with one attached hydrogen (secondary N) is 1. The van der Waals surface area contributed by atoms with Crippen LogP contribution in [-0.2, 0) is 19.1 Å². The van der Waals surface area contributed by atoms with Crippen molar-refractivity contribution < 1.29 is 32.2 Å². The molecule has 8 heteroatoms. The molecule has 0 aromatic rings. The summed E-state index contributed by atoms with van der Waals surface area (Å²) < 4.78 is 47.7. The number of amides is 1. The number of carbonyl (C=O) groups is 2. The van der Waals surface area contributed by atoms with Gasteiger partial charge < -0.3 is 14.8 Å². The highest BCUT2D eigenvalue weighted by molar-refractivity contribution is 5.85. The number of hydrogen-bond acceptors (Lipinski definition) is 4. The lowest BCUT2D eigenvalue weighted by Gasteiger charge is -2.56. The minimum atomic E-state index is -4.56. The van der Waals surface area contributed by atoms with E-state index in [0.29, 0.717) is 32.4 Å². The average molecular weight is 431 g/mol. The highest BCUT2D eigenvalue weighted by Gasteiger charge is 2.51. The Labute approximate surface area is 175 Å². The molecule has 5 aliphatic carbocycles. The Morgan fingerprint density at radius 1 is 0.933 bits per heavy atom.